The third-order valence-electron chi connectivity index (χ3n) is 3.45. The highest BCUT2D eigenvalue weighted by atomic mass is 16.5. The van der Waals surface area contributed by atoms with Crippen molar-refractivity contribution in [2.24, 2.45) is 5.10 Å². The van der Waals surface area contributed by atoms with E-state index in [2.05, 4.69) is 10.5 Å². The number of nitrogens with zero attached hydrogens (tertiary/aromatic N) is 1. The van der Waals surface area contributed by atoms with Gasteiger partial charge in [0.2, 0.25) is 10.9 Å². The first-order valence-electron chi connectivity index (χ1n) is 6.82. The molecule has 0 fully saturated rings. The molecule has 0 atom stereocenters. The summed E-state index contributed by atoms with van der Waals surface area (Å²) in [6, 6.07) is 12.9. The summed E-state index contributed by atoms with van der Waals surface area (Å²) in [4.78, 5) is 36.3. The molecule has 0 aliphatic heterocycles. The van der Waals surface area contributed by atoms with E-state index in [1.54, 1.807) is 42.5 Å². The number of nitrogens with one attached hydrogen (secondary N) is 1. The highest BCUT2D eigenvalue weighted by molar-refractivity contribution is 5.94. The monoisotopic (exact) mass is 308 g/mol. The summed E-state index contributed by atoms with van der Waals surface area (Å²) >= 11 is 0. The van der Waals surface area contributed by atoms with Crippen molar-refractivity contribution in [2.45, 2.75) is 0 Å². The number of benzene rings is 2. The molecule has 6 heteroatoms. The molecular weight excluding hydrogens is 296 g/mol. The Labute approximate surface area is 130 Å². The lowest BCUT2D eigenvalue weighted by Crippen LogP contribution is -2.35. The zero-order valence-corrected chi connectivity index (χ0v) is 12.2. The van der Waals surface area contributed by atoms with Crippen molar-refractivity contribution in [3.05, 3.63) is 79.9 Å². The van der Waals surface area contributed by atoms with Gasteiger partial charge in [0.15, 0.2) is 5.36 Å². The average molecular weight is 308 g/mol. The molecule has 1 amide bonds. The lowest BCUT2D eigenvalue weighted by molar-refractivity contribution is 0.0952. The van der Waals surface area contributed by atoms with Crippen molar-refractivity contribution in [2.75, 3.05) is 7.11 Å². The normalized spacial score (nSPS) is 10.5. The molecule has 114 valence electrons. The predicted octanol–water partition coefficient (Wildman–Crippen LogP) is 0.690. The van der Waals surface area contributed by atoms with Gasteiger partial charge in [-0.2, -0.15) is 5.10 Å². The van der Waals surface area contributed by atoms with Gasteiger partial charge in [-0.05, 0) is 18.2 Å². The molecule has 6 nitrogen and oxygen atoms in total. The van der Waals surface area contributed by atoms with Crippen LogP contribution in [0.2, 0.25) is 0 Å². The second-order valence-electron chi connectivity index (χ2n) is 4.84. The van der Waals surface area contributed by atoms with Gasteiger partial charge >= 0.3 is 0 Å². The summed E-state index contributed by atoms with van der Waals surface area (Å²) in [7, 11) is 1.49. The van der Waals surface area contributed by atoms with Crippen LogP contribution in [-0.2, 0) is 0 Å². The van der Waals surface area contributed by atoms with Crippen molar-refractivity contribution in [1.82, 2.24) is 5.43 Å². The summed E-state index contributed by atoms with van der Waals surface area (Å²) in [6.07, 6.45) is 0. The minimum Gasteiger partial charge on any atom is -0.497 e. The molecular formula is C17H12N2O4. The topological polar surface area (TPSA) is 84.8 Å². The quantitative estimate of drug-likeness (QED) is 0.721. The van der Waals surface area contributed by atoms with Gasteiger partial charge in [-0.25, -0.2) is 5.43 Å². The van der Waals surface area contributed by atoms with E-state index in [1.165, 1.54) is 13.2 Å². The largest absolute Gasteiger partial charge is 0.497 e. The van der Waals surface area contributed by atoms with Crippen LogP contribution in [0.4, 0.5) is 0 Å². The molecule has 0 saturated heterocycles. The molecule has 0 unspecified atom stereocenters. The molecule has 1 N–H and O–H groups in total. The fraction of sp³-hybridized carbons (Fsp3) is 0.0588. The lowest BCUT2D eigenvalue weighted by atomic mass is 10.2. The number of ether oxygens (including phenoxy) is 1. The van der Waals surface area contributed by atoms with Gasteiger partial charge in [-0.3, -0.25) is 14.4 Å². The van der Waals surface area contributed by atoms with E-state index in [9.17, 15) is 14.4 Å². The number of fused-ring (bicyclic) bond motifs is 1. The standard InChI is InChI=1S/C17H12N2O4/c1-23-11-6-4-5-10(9-11)17(22)19-18-14-15(20)12-7-2-3-8-13(12)16(14)21/h2-9H,1H3,(H,19,22). The molecule has 0 aliphatic rings. The van der Waals surface area contributed by atoms with Crippen LogP contribution in [0.25, 0.3) is 10.8 Å². The van der Waals surface area contributed by atoms with Gasteiger partial charge in [0.05, 0.1) is 7.11 Å². The van der Waals surface area contributed by atoms with Crippen LogP contribution >= 0.6 is 0 Å². The Balaban J connectivity index is 1.99. The van der Waals surface area contributed by atoms with E-state index >= 15 is 0 Å². The maximum absolute atomic E-state index is 12.1. The van der Waals surface area contributed by atoms with E-state index in [4.69, 9.17) is 4.74 Å². The highest BCUT2D eigenvalue weighted by Crippen LogP contribution is 2.12. The third kappa shape index (κ3) is 2.62. The molecule has 23 heavy (non-hydrogen) atoms. The molecule has 0 saturated carbocycles. The Hall–Kier alpha value is -3.28. The van der Waals surface area contributed by atoms with Crippen LogP contribution < -0.4 is 26.4 Å². The van der Waals surface area contributed by atoms with Gasteiger partial charge in [0.25, 0.3) is 5.91 Å². The number of carbonyl (C=O) groups is 1. The fourth-order valence-corrected chi connectivity index (χ4v) is 2.27. The molecule has 0 radical (unpaired) electrons. The van der Waals surface area contributed by atoms with Gasteiger partial charge in [-0.1, -0.05) is 30.3 Å². The van der Waals surface area contributed by atoms with Gasteiger partial charge in [-0.15, -0.1) is 0 Å². The Kier molecular flexibility index (Phi) is 3.72. The summed E-state index contributed by atoms with van der Waals surface area (Å²) in [6.45, 7) is 0. The van der Waals surface area contributed by atoms with Crippen molar-refractivity contribution in [3.63, 3.8) is 0 Å². The molecule has 0 heterocycles. The van der Waals surface area contributed by atoms with Crippen molar-refractivity contribution in [1.29, 1.82) is 0 Å². The predicted molar refractivity (Wildman–Crippen MR) is 84.9 cm³/mol. The fourth-order valence-electron chi connectivity index (χ4n) is 2.27. The van der Waals surface area contributed by atoms with Crippen LogP contribution in [-0.4, -0.2) is 13.0 Å². The zero-order valence-electron chi connectivity index (χ0n) is 12.2. The smallest absolute Gasteiger partial charge is 0.271 e. The number of hydrogen-bond acceptors (Lipinski definition) is 5. The Morgan fingerprint density at radius 2 is 1.65 bits per heavy atom. The van der Waals surface area contributed by atoms with E-state index in [0.29, 0.717) is 22.1 Å². The Morgan fingerprint density at radius 3 is 2.26 bits per heavy atom. The SMILES string of the molecule is COc1cccc(C(=O)NN=c2c(=O)c3ccccc3c2=O)c1. The van der Waals surface area contributed by atoms with Gasteiger partial charge in [0.1, 0.15) is 5.75 Å². The van der Waals surface area contributed by atoms with E-state index in [-0.39, 0.29) is 5.36 Å². The minimum atomic E-state index is -0.534. The summed E-state index contributed by atoms with van der Waals surface area (Å²) in [5, 5.41) is 4.02. The zero-order chi connectivity index (χ0) is 16.4. The summed E-state index contributed by atoms with van der Waals surface area (Å²) < 4.78 is 5.04. The number of methoxy groups -OCH3 is 1. The first-order valence-corrected chi connectivity index (χ1v) is 6.82. The van der Waals surface area contributed by atoms with Crippen molar-refractivity contribution < 1.29 is 9.53 Å². The highest BCUT2D eigenvalue weighted by Gasteiger charge is 2.11. The average Bonchev–Trinajstić information content (AvgIpc) is 2.84. The maximum Gasteiger partial charge on any atom is 0.271 e. The van der Waals surface area contributed by atoms with Crippen LogP contribution in [0.3, 0.4) is 0 Å². The van der Waals surface area contributed by atoms with Crippen molar-refractivity contribution >= 4 is 16.7 Å². The van der Waals surface area contributed by atoms with E-state index in [0.717, 1.165) is 0 Å². The van der Waals surface area contributed by atoms with E-state index in [1.807, 2.05) is 0 Å². The lowest BCUT2D eigenvalue weighted by Gasteiger charge is -2.02. The van der Waals surface area contributed by atoms with E-state index < -0.39 is 16.8 Å². The molecule has 0 bridgehead atoms. The molecule has 0 spiro atoms. The second kappa shape index (κ2) is 5.84. The van der Waals surface area contributed by atoms with Crippen molar-refractivity contribution in [3.8, 4) is 5.75 Å². The Morgan fingerprint density at radius 1 is 1.00 bits per heavy atom. The Bertz CT molecular complexity index is 996. The first-order chi connectivity index (χ1) is 11.1. The molecule has 0 aromatic heterocycles. The van der Waals surface area contributed by atoms with Gasteiger partial charge < -0.3 is 4.74 Å². The van der Waals surface area contributed by atoms with Crippen LogP contribution in [0.1, 0.15) is 10.4 Å². The van der Waals surface area contributed by atoms with Crippen LogP contribution in [0, 0.1) is 0 Å². The number of rotatable bonds is 3. The number of carbonyl (C=O) groups excluding carboxylic acids is 1. The second-order valence-corrected chi connectivity index (χ2v) is 4.84. The number of hydrogen-bond donors (Lipinski definition) is 1. The minimum absolute atomic E-state index is 0.289. The maximum atomic E-state index is 12.1. The first kappa shape index (κ1) is 14.6. The molecule has 3 rings (SSSR count). The molecule has 0 aliphatic carbocycles. The number of amides is 1. The van der Waals surface area contributed by atoms with Crippen LogP contribution in [0.15, 0.2) is 63.2 Å². The summed E-state index contributed by atoms with van der Waals surface area (Å²) in [5.74, 6) is -0.0151. The summed E-state index contributed by atoms with van der Waals surface area (Å²) in [5.41, 5.74) is 1.57. The van der Waals surface area contributed by atoms with Crippen LogP contribution in [0.5, 0.6) is 5.75 Å². The molecule has 3 aromatic carbocycles. The van der Waals surface area contributed by atoms with Gasteiger partial charge in [0, 0.05) is 16.3 Å². The molecule has 3 aromatic rings. The third-order valence-corrected chi connectivity index (χ3v) is 3.45.